The zero-order valence-electron chi connectivity index (χ0n) is 14.9. The van der Waals surface area contributed by atoms with E-state index in [-0.39, 0.29) is 12.2 Å². The van der Waals surface area contributed by atoms with Crippen LogP contribution in [-0.4, -0.2) is 102 Å². The first-order valence-electron chi connectivity index (χ1n) is 8.06. The topological polar surface area (TPSA) is 162 Å². The molecule has 1 saturated heterocycles. The molecule has 26 heavy (non-hydrogen) atoms. The third-order valence-corrected chi connectivity index (χ3v) is 4.31. The monoisotopic (exact) mass is 377 g/mol. The number of aliphatic hydroxyl groups excluding tert-OH is 5. The van der Waals surface area contributed by atoms with Crippen LogP contribution in [0.15, 0.2) is 11.6 Å². The van der Waals surface area contributed by atoms with Crippen molar-refractivity contribution in [2.45, 2.75) is 55.9 Å². The summed E-state index contributed by atoms with van der Waals surface area (Å²) in [7, 11) is 2.83. The standard InChI is InChI=1S/C16H27NO9/c1-8(23-2)15(24-3)11(19)9(4-5-17)7-25-16-14(22)13(21)12(20)10(6-18)26-16/h4,8,10-16,18-22H,6-7H2,1-3H3/b9-4-/t8?,10-,11?,12-,13+,14-,15?,16-/m1/s1. The second kappa shape index (κ2) is 10.9. The van der Waals surface area contributed by atoms with E-state index in [2.05, 4.69) is 0 Å². The van der Waals surface area contributed by atoms with E-state index in [1.807, 2.05) is 0 Å². The highest BCUT2D eigenvalue weighted by atomic mass is 16.7. The van der Waals surface area contributed by atoms with Crippen molar-refractivity contribution in [3.05, 3.63) is 11.6 Å². The lowest BCUT2D eigenvalue weighted by Crippen LogP contribution is -2.59. The number of allylic oxidation sites excluding steroid dienone is 1. The molecule has 1 rings (SSSR count). The zero-order valence-corrected chi connectivity index (χ0v) is 14.9. The minimum Gasteiger partial charge on any atom is -0.394 e. The Balaban J connectivity index is 2.82. The number of aliphatic hydroxyl groups is 5. The number of nitrogens with zero attached hydrogens (tertiary/aromatic N) is 1. The van der Waals surface area contributed by atoms with E-state index in [4.69, 9.17) is 29.3 Å². The Kier molecular flexibility index (Phi) is 9.59. The summed E-state index contributed by atoms with van der Waals surface area (Å²) in [5.74, 6) is 0. The summed E-state index contributed by atoms with van der Waals surface area (Å²) < 4.78 is 20.9. The fourth-order valence-corrected chi connectivity index (χ4v) is 2.60. The van der Waals surface area contributed by atoms with Crippen molar-refractivity contribution in [2.24, 2.45) is 0 Å². The first-order valence-corrected chi connectivity index (χ1v) is 8.06. The Morgan fingerprint density at radius 2 is 1.85 bits per heavy atom. The normalized spacial score (nSPS) is 33.3. The van der Waals surface area contributed by atoms with Gasteiger partial charge in [-0.15, -0.1) is 0 Å². The molecule has 0 aromatic carbocycles. The predicted molar refractivity (Wildman–Crippen MR) is 86.7 cm³/mol. The second-order valence-corrected chi connectivity index (χ2v) is 5.94. The third kappa shape index (κ3) is 5.43. The molecule has 0 spiro atoms. The van der Waals surface area contributed by atoms with Crippen LogP contribution in [0.25, 0.3) is 0 Å². The molecule has 10 heteroatoms. The van der Waals surface area contributed by atoms with Crippen molar-refractivity contribution in [3.8, 4) is 6.07 Å². The van der Waals surface area contributed by atoms with Gasteiger partial charge in [-0.05, 0) is 12.5 Å². The fraction of sp³-hybridized carbons (Fsp3) is 0.812. The van der Waals surface area contributed by atoms with E-state index in [9.17, 15) is 20.4 Å². The van der Waals surface area contributed by atoms with Crippen molar-refractivity contribution in [2.75, 3.05) is 27.4 Å². The lowest BCUT2D eigenvalue weighted by molar-refractivity contribution is -0.299. The molecule has 0 amide bonds. The lowest BCUT2D eigenvalue weighted by Gasteiger charge is -2.39. The largest absolute Gasteiger partial charge is 0.394 e. The van der Waals surface area contributed by atoms with Gasteiger partial charge in [0.2, 0.25) is 0 Å². The number of hydrogen-bond acceptors (Lipinski definition) is 10. The van der Waals surface area contributed by atoms with E-state index in [0.717, 1.165) is 6.08 Å². The van der Waals surface area contributed by atoms with Gasteiger partial charge in [0.15, 0.2) is 6.29 Å². The molecule has 10 nitrogen and oxygen atoms in total. The van der Waals surface area contributed by atoms with E-state index >= 15 is 0 Å². The minimum absolute atomic E-state index is 0.139. The van der Waals surface area contributed by atoms with Crippen molar-refractivity contribution in [1.29, 1.82) is 5.26 Å². The van der Waals surface area contributed by atoms with Crippen LogP contribution in [0, 0.1) is 11.3 Å². The SMILES string of the molecule is COC(C)C(OC)C(O)/C(=C\C#N)CO[C@@H]1O[C@H](CO)[C@@H](O)[C@H](O)[C@H]1O. The summed E-state index contributed by atoms with van der Waals surface area (Å²) in [6.07, 6.45) is -8.59. The molecule has 0 aromatic rings. The molecule has 1 aliphatic heterocycles. The van der Waals surface area contributed by atoms with Crippen LogP contribution in [-0.2, 0) is 18.9 Å². The smallest absolute Gasteiger partial charge is 0.187 e. The number of nitriles is 1. The van der Waals surface area contributed by atoms with E-state index in [1.165, 1.54) is 14.2 Å². The average Bonchev–Trinajstić information content (AvgIpc) is 2.64. The maximum Gasteiger partial charge on any atom is 0.187 e. The molecule has 1 aliphatic rings. The summed E-state index contributed by atoms with van der Waals surface area (Å²) in [5.41, 5.74) is 0.139. The molecule has 0 bridgehead atoms. The zero-order chi connectivity index (χ0) is 19.9. The van der Waals surface area contributed by atoms with Crippen LogP contribution < -0.4 is 0 Å². The van der Waals surface area contributed by atoms with Gasteiger partial charge < -0.3 is 44.5 Å². The molecule has 3 unspecified atom stereocenters. The van der Waals surface area contributed by atoms with Gasteiger partial charge in [-0.3, -0.25) is 0 Å². The fourth-order valence-electron chi connectivity index (χ4n) is 2.60. The molecule has 8 atom stereocenters. The highest BCUT2D eigenvalue weighted by molar-refractivity contribution is 5.19. The number of hydrogen-bond donors (Lipinski definition) is 5. The van der Waals surface area contributed by atoms with Gasteiger partial charge in [-0.2, -0.15) is 5.26 Å². The Labute approximate surface area is 151 Å². The van der Waals surface area contributed by atoms with E-state index in [0.29, 0.717) is 0 Å². The molecule has 0 saturated carbocycles. The number of rotatable bonds is 9. The predicted octanol–water partition coefficient (Wildman–Crippen LogP) is -2.34. The molecular weight excluding hydrogens is 350 g/mol. The molecule has 0 radical (unpaired) electrons. The van der Waals surface area contributed by atoms with Crippen molar-refractivity contribution >= 4 is 0 Å². The molecule has 5 N–H and O–H groups in total. The quantitative estimate of drug-likeness (QED) is 0.275. The van der Waals surface area contributed by atoms with Crippen LogP contribution in [0.4, 0.5) is 0 Å². The van der Waals surface area contributed by atoms with Gasteiger partial charge in [0.05, 0.1) is 25.4 Å². The molecular formula is C16H27NO9. The van der Waals surface area contributed by atoms with Gasteiger partial charge in [0.25, 0.3) is 0 Å². The van der Waals surface area contributed by atoms with Crippen molar-refractivity contribution in [3.63, 3.8) is 0 Å². The van der Waals surface area contributed by atoms with Crippen molar-refractivity contribution < 1.29 is 44.5 Å². The number of methoxy groups -OCH3 is 2. The van der Waals surface area contributed by atoms with Gasteiger partial charge >= 0.3 is 0 Å². The van der Waals surface area contributed by atoms with Crippen LogP contribution in [0.2, 0.25) is 0 Å². The molecule has 150 valence electrons. The summed E-state index contributed by atoms with van der Waals surface area (Å²) >= 11 is 0. The Morgan fingerprint density at radius 3 is 2.35 bits per heavy atom. The molecule has 0 aliphatic carbocycles. The van der Waals surface area contributed by atoms with Gasteiger partial charge in [-0.25, -0.2) is 0 Å². The van der Waals surface area contributed by atoms with Gasteiger partial charge in [-0.1, -0.05) is 0 Å². The summed E-state index contributed by atoms with van der Waals surface area (Å²) in [6, 6.07) is 1.79. The van der Waals surface area contributed by atoms with E-state index in [1.54, 1.807) is 13.0 Å². The summed E-state index contributed by atoms with van der Waals surface area (Å²) in [6.45, 7) is 0.763. The Bertz CT molecular complexity index is 493. The molecule has 0 aromatic heterocycles. The maximum absolute atomic E-state index is 10.5. The minimum atomic E-state index is -1.58. The van der Waals surface area contributed by atoms with Crippen LogP contribution >= 0.6 is 0 Å². The Hall–Kier alpha value is -1.13. The van der Waals surface area contributed by atoms with Gasteiger partial charge in [0.1, 0.15) is 36.6 Å². The Morgan fingerprint density at radius 1 is 1.19 bits per heavy atom. The first-order chi connectivity index (χ1) is 12.3. The highest BCUT2D eigenvalue weighted by Gasteiger charge is 2.44. The lowest BCUT2D eigenvalue weighted by atomic mass is 9.99. The van der Waals surface area contributed by atoms with Crippen LogP contribution in [0.3, 0.4) is 0 Å². The third-order valence-electron chi connectivity index (χ3n) is 4.31. The second-order valence-electron chi connectivity index (χ2n) is 5.94. The van der Waals surface area contributed by atoms with Crippen LogP contribution in [0.5, 0.6) is 0 Å². The first kappa shape index (κ1) is 22.9. The maximum atomic E-state index is 10.5. The number of ether oxygens (including phenoxy) is 4. The average molecular weight is 377 g/mol. The molecule has 1 heterocycles. The molecule has 1 fully saturated rings. The highest BCUT2D eigenvalue weighted by Crippen LogP contribution is 2.23. The van der Waals surface area contributed by atoms with Crippen molar-refractivity contribution in [1.82, 2.24) is 0 Å². The van der Waals surface area contributed by atoms with Crippen LogP contribution in [0.1, 0.15) is 6.92 Å². The summed E-state index contributed by atoms with van der Waals surface area (Å²) in [5, 5.41) is 58.0. The summed E-state index contributed by atoms with van der Waals surface area (Å²) in [4.78, 5) is 0. The van der Waals surface area contributed by atoms with Gasteiger partial charge in [0, 0.05) is 20.3 Å². The van der Waals surface area contributed by atoms with E-state index < -0.39 is 55.6 Å².